The molecule has 2 aromatic carbocycles. The van der Waals surface area contributed by atoms with Crippen molar-refractivity contribution < 1.29 is 9.47 Å². The van der Waals surface area contributed by atoms with Crippen molar-refractivity contribution in [2.75, 3.05) is 43.5 Å². The van der Waals surface area contributed by atoms with E-state index in [0.29, 0.717) is 13.2 Å². The second kappa shape index (κ2) is 6.40. The van der Waals surface area contributed by atoms with Gasteiger partial charge in [-0.2, -0.15) is 0 Å². The number of ether oxygens (including phenoxy) is 2. The maximum absolute atomic E-state index is 5.75. The van der Waals surface area contributed by atoms with Gasteiger partial charge < -0.3 is 20.1 Å². The molecule has 3 aliphatic rings. The first-order chi connectivity index (χ1) is 12.8. The zero-order chi connectivity index (χ0) is 17.4. The lowest BCUT2D eigenvalue weighted by atomic mass is 9.85. The number of likely N-dealkylation sites (tertiary alicyclic amines) is 1. The van der Waals surface area contributed by atoms with E-state index in [4.69, 9.17) is 9.47 Å². The van der Waals surface area contributed by atoms with Crippen LogP contribution in [0.1, 0.15) is 18.4 Å². The third kappa shape index (κ3) is 2.97. The summed E-state index contributed by atoms with van der Waals surface area (Å²) in [7, 11) is 0. The van der Waals surface area contributed by atoms with Gasteiger partial charge >= 0.3 is 0 Å². The first-order valence-corrected chi connectivity index (χ1v) is 9.52. The molecule has 1 saturated heterocycles. The summed E-state index contributed by atoms with van der Waals surface area (Å²) >= 11 is 0. The highest BCUT2D eigenvalue weighted by Gasteiger charge is 2.37. The Kier molecular flexibility index (Phi) is 3.89. The molecule has 0 atom stereocenters. The summed E-state index contributed by atoms with van der Waals surface area (Å²) in [6.07, 6.45) is 2.28. The average Bonchev–Trinajstić information content (AvgIpc) is 2.69. The van der Waals surface area contributed by atoms with Gasteiger partial charge in [-0.05, 0) is 18.4 Å². The van der Waals surface area contributed by atoms with E-state index in [0.717, 1.165) is 61.9 Å². The number of piperidine rings is 1. The van der Waals surface area contributed by atoms with E-state index in [1.54, 1.807) is 0 Å². The first-order valence-electron chi connectivity index (χ1n) is 9.52. The van der Waals surface area contributed by atoms with E-state index in [1.807, 2.05) is 0 Å². The van der Waals surface area contributed by atoms with Gasteiger partial charge in [-0.25, -0.2) is 0 Å². The second-order valence-electron chi connectivity index (χ2n) is 7.56. The van der Waals surface area contributed by atoms with Gasteiger partial charge in [0, 0.05) is 38.3 Å². The van der Waals surface area contributed by atoms with Crippen LogP contribution in [0.25, 0.3) is 0 Å². The molecule has 0 bridgehead atoms. The number of nitrogens with zero attached hydrogens (tertiary/aromatic N) is 1. The molecule has 136 valence electrons. The molecule has 3 heterocycles. The molecule has 0 amide bonds. The minimum Gasteiger partial charge on any atom is -0.486 e. The summed E-state index contributed by atoms with van der Waals surface area (Å²) in [5.41, 5.74) is 3.78. The second-order valence-corrected chi connectivity index (χ2v) is 7.56. The van der Waals surface area contributed by atoms with E-state index < -0.39 is 0 Å². The molecule has 0 aliphatic carbocycles. The van der Waals surface area contributed by atoms with Crippen LogP contribution in [0.3, 0.4) is 0 Å². The maximum atomic E-state index is 5.75. The van der Waals surface area contributed by atoms with E-state index in [9.17, 15) is 0 Å². The average molecular weight is 351 g/mol. The zero-order valence-corrected chi connectivity index (χ0v) is 15.0. The van der Waals surface area contributed by atoms with Crippen LogP contribution in [0.2, 0.25) is 0 Å². The molecule has 5 rings (SSSR count). The minimum absolute atomic E-state index is 0.129. The normalized spacial score (nSPS) is 20.8. The van der Waals surface area contributed by atoms with Gasteiger partial charge in [0.2, 0.25) is 0 Å². The predicted octanol–water partition coefficient (Wildman–Crippen LogP) is 3.33. The number of hydrogen-bond donors (Lipinski definition) is 2. The Balaban J connectivity index is 1.27. The van der Waals surface area contributed by atoms with Gasteiger partial charge in [-0.15, -0.1) is 0 Å². The highest BCUT2D eigenvalue weighted by molar-refractivity contribution is 5.77. The molecule has 5 nitrogen and oxygen atoms in total. The third-order valence-electron chi connectivity index (χ3n) is 5.76. The van der Waals surface area contributed by atoms with Crippen molar-refractivity contribution in [2.45, 2.75) is 24.9 Å². The summed E-state index contributed by atoms with van der Waals surface area (Å²) in [5, 5.41) is 7.44. The van der Waals surface area contributed by atoms with Crippen LogP contribution < -0.4 is 20.1 Å². The van der Waals surface area contributed by atoms with Crippen molar-refractivity contribution >= 4 is 11.4 Å². The van der Waals surface area contributed by atoms with Gasteiger partial charge in [-0.3, -0.25) is 4.90 Å². The van der Waals surface area contributed by atoms with Gasteiger partial charge in [0.05, 0.1) is 16.9 Å². The van der Waals surface area contributed by atoms with E-state index in [1.165, 1.54) is 5.56 Å². The molecular formula is C21H25N3O2. The molecule has 26 heavy (non-hydrogen) atoms. The van der Waals surface area contributed by atoms with Crippen molar-refractivity contribution in [1.82, 2.24) is 4.90 Å². The van der Waals surface area contributed by atoms with Crippen LogP contribution in [0, 0.1) is 0 Å². The van der Waals surface area contributed by atoms with Crippen LogP contribution in [-0.4, -0.2) is 43.3 Å². The molecule has 0 aromatic heterocycles. The Morgan fingerprint density at radius 2 is 1.62 bits per heavy atom. The monoisotopic (exact) mass is 351 g/mol. The Morgan fingerprint density at radius 3 is 2.35 bits per heavy atom. The Labute approximate surface area is 154 Å². The standard InChI is InChI=1S/C21H25N3O2/c1-2-4-16(5-3-1)14-24-8-6-21(7-9-24)15-22-17-12-19-20(13-18(17)23-21)26-11-10-25-19/h1-5,12-13,22-23H,6-11,14-15H2. The zero-order valence-electron chi connectivity index (χ0n) is 15.0. The van der Waals surface area contributed by atoms with Gasteiger partial charge in [0.1, 0.15) is 13.2 Å². The number of rotatable bonds is 2. The fraction of sp³-hybridized carbons (Fsp3) is 0.429. The molecule has 0 saturated carbocycles. The summed E-state index contributed by atoms with van der Waals surface area (Å²) in [4.78, 5) is 2.56. The minimum atomic E-state index is 0.129. The molecule has 2 N–H and O–H groups in total. The van der Waals surface area contributed by atoms with Crippen molar-refractivity contribution in [2.24, 2.45) is 0 Å². The van der Waals surface area contributed by atoms with Crippen LogP contribution in [0.15, 0.2) is 42.5 Å². The summed E-state index contributed by atoms with van der Waals surface area (Å²) in [6.45, 7) is 5.48. The van der Waals surface area contributed by atoms with Gasteiger partial charge in [0.15, 0.2) is 11.5 Å². The highest BCUT2D eigenvalue weighted by atomic mass is 16.6. The van der Waals surface area contributed by atoms with Crippen LogP contribution in [0.4, 0.5) is 11.4 Å². The molecule has 1 fully saturated rings. The van der Waals surface area contributed by atoms with Gasteiger partial charge in [-0.1, -0.05) is 30.3 Å². The fourth-order valence-corrected chi connectivity index (χ4v) is 4.22. The smallest absolute Gasteiger partial charge is 0.163 e. The summed E-state index contributed by atoms with van der Waals surface area (Å²) in [6, 6.07) is 14.9. The summed E-state index contributed by atoms with van der Waals surface area (Å²) < 4.78 is 11.4. The molecule has 0 radical (unpaired) electrons. The van der Waals surface area contributed by atoms with Crippen molar-refractivity contribution in [3.05, 3.63) is 48.0 Å². The molecule has 2 aromatic rings. The van der Waals surface area contributed by atoms with Crippen molar-refractivity contribution in [1.29, 1.82) is 0 Å². The SMILES string of the molecule is c1ccc(CN2CCC3(CC2)CNc2cc4c(cc2N3)OCCO4)cc1. The molecule has 3 aliphatic heterocycles. The molecule has 5 heteroatoms. The molecule has 1 spiro atoms. The molecule has 0 unspecified atom stereocenters. The fourth-order valence-electron chi connectivity index (χ4n) is 4.22. The van der Waals surface area contributed by atoms with E-state index in [-0.39, 0.29) is 5.54 Å². The van der Waals surface area contributed by atoms with Crippen LogP contribution >= 0.6 is 0 Å². The quantitative estimate of drug-likeness (QED) is 0.869. The molecular weight excluding hydrogens is 326 g/mol. The number of fused-ring (bicyclic) bond motifs is 2. The number of hydrogen-bond acceptors (Lipinski definition) is 5. The van der Waals surface area contributed by atoms with Gasteiger partial charge in [0.25, 0.3) is 0 Å². The predicted molar refractivity (Wildman–Crippen MR) is 103 cm³/mol. The lowest BCUT2D eigenvalue weighted by molar-refractivity contribution is 0.168. The summed E-state index contributed by atoms with van der Waals surface area (Å²) in [5.74, 6) is 1.70. The Bertz CT molecular complexity index is 785. The van der Waals surface area contributed by atoms with E-state index >= 15 is 0 Å². The Morgan fingerprint density at radius 1 is 0.923 bits per heavy atom. The third-order valence-corrected chi connectivity index (χ3v) is 5.76. The van der Waals surface area contributed by atoms with Crippen molar-refractivity contribution in [3.8, 4) is 11.5 Å². The van der Waals surface area contributed by atoms with E-state index in [2.05, 4.69) is 58.0 Å². The number of anilines is 2. The lowest BCUT2D eigenvalue weighted by Crippen LogP contribution is -2.54. The maximum Gasteiger partial charge on any atom is 0.163 e. The van der Waals surface area contributed by atoms with Crippen molar-refractivity contribution in [3.63, 3.8) is 0 Å². The first kappa shape index (κ1) is 15.8. The largest absolute Gasteiger partial charge is 0.486 e. The Hall–Kier alpha value is -2.40. The number of benzene rings is 2. The number of nitrogens with one attached hydrogen (secondary N) is 2. The lowest BCUT2D eigenvalue weighted by Gasteiger charge is -2.46. The van der Waals surface area contributed by atoms with Crippen LogP contribution in [0.5, 0.6) is 11.5 Å². The highest BCUT2D eigenvalue weighted by Crippen LogP contribution is 2.43. The topological polar surface area (TPSA) is 45.8 Å². The van der Waals surface area contributed by atoms with Crippen LogP contribution in [-0.2, 0) is 6.54 Å².